The lowest BCUT2D eigenvalue weighted by Gasteiger charge is -2.21. The van der Waals surface area contributed by atoms with Gasteiger partial charge in [0, 0.05) is 6.42 Å². The van der Waals surface area contributed by atoms with Crippen molar-refractivity contribution in [3.05, 3.63) is 35.9 Å². The molecule has 0 N–H and O–H groups in total. The van der Waals surface area contributed by atoms with Crippen LogP contribution in [0.4, 0.5) is 0 Å². The van der Waals surface area contributed by atoms with E-state index < -0.39 is 0 Å². The first-order valence-electron chi connectivity index (χ1n) is 4.54. The number of Topliss-reactive ketones (excluding diaryl/α,β-unsaturated/α-hetero) is 1. The molecule has 68 valence electrons. The maximum Gasteiger partial charge on any atom is 0.158 e. The van der Waals surface area contributed by atoms with Gasteiger partial charge in [0.25, 0.3) is 0 Å². The molecule has 0 bridgehead atoms. The second-order valence-electron chi connectivity index (χ2n) is 3.29. The topological polar surface area (TPSA) is 26.3 Å². The molecule has 0 unspecified atom stereocenters. The summed E-state index contributed by atoms with van der Waals surface area (Å²) in [6.45, 7) is 0.277. The zero-order valence-electron chi connectivity index (χ0n) is 7.40. The van der Waals surface area contributed by atoms with E-state index >= 15 is 0 Å². The van der Waals surface area contributed by atoms with Gasteiger partial charge in [-0.25, -0.2) is 0 Å². The molecule has 1 saturated heterocycles. The molecule has 0 radical (unpaired) electrons. The van der Waals surface area contributed by atoms with Gasteiger partial charge in [-0.2, -0.15) is 0 Å². The van der Waals surface area contributed by atoms with E-state index in [0.29, 0.717) is 6.42 Å². The second kappa shape index (κ2) is 3.71. The monoisotopic (exact) mass is 176 g/mol. The van der Waals surface area contributed by atoms with Crippen LogP contribution in [0.3, 0.4) is 0 Å². The third-order valence-electron chi connectivity index (χ3n) is 2.30. The van der Waals surface area contributed by atoms with E-state index in [1.54, 1.807) is 0 Å². The van der Waals surface area contributed by atoms with Gasteiger partial charge < -0.3 is 4.74 Å². The highest BCUT2D eigenvalue weighted by Crippen LogP contribution is 2.25. The predicted molar refractivity (Wildman–Crippen MR) is 49.4 cm³/mol. The predicted octanol–water partition coefficient (Wildman–Crippen LogP) is 2.11. The summed E-state index contributed by atoms with van der Waals surface area (Å²) < 4.78 is 5.43. The van der Waals surface area contributed by atoms with E-state index in [9.17, 15) is 4.79 Å². The van der Waals surface area contributed by atoms with Gasteiger partial charge >= 0.3 is 0 Å². The third-order valence-corrected chi connectivity index (χ3v) is 2.30. The number of carbonyl (C=O) groups excluding carboxylic acids is 1. The molecule has 2 heteroatoms. The fourth-order valence-corrected chi connectivity index (χ4v) is 1.57. The minimum absolute atomic E-state index is 0.124. The lowest BCUT2D eigenvalue weighted by molar-refractivity contribution is -0.131. The largest absolute Gasteiger partial charge is 0.366 e. The van der Waals surface area contributed by atoms with E-state index in [1.165, 1.54) is 5.56 Å². The van der Waals surface area contributed by atoms with Crippen LogP contribution >= 0.6 is 0 Å². The number of rotatable bonds is 1. The van der Waals surface area contributed by atoms with Gasteiger partial charge in [0.15, 0.2) is 5.78 Å². The number of ketones is 1. The van der Waals surface area contributed by atoms with Crippen LogP contribution in [-0.2, 0) is 9.53 Å². The summed E-state index contributed by atoms with van der Waals surface area (Å²) in [7, 11) is 0. The standard InChI is InChI=1S/C11H12O2/c12-10-6-7-11(13-8-10)9-4-2-1-3-5-9/h1-5,11H,6-8H2/t11-/m0/s1. The Kier molecular flexibility index (Phi) is 2.41. The van der Waals surface area contributed by atoms with Crippen molar-refractivity contribution in [3.63, 3.8) is 0 Å². The average molecular weight is 176 g/mol. The van der Waals surface area contributed by atoms with Crippen LogP contribution < -0.4 is 0 Å². The van der Waals surface area contributed by atoms with Crippen molar-refractivity contribution in [1.29, 1.82) is 0 Å². The number of carbonyl (C=O) groups is 1. The molecule has 1 aromatic carbocycles. The first-order valence-corrected chi connectivity index (χ1v) is 4.54. The van der Waals surface area contributed by atoms with Crippen molar-refractivity contribution in [1.82, 2.24) is 0 Å². The number of hydrogen-bond acceptors (Lipinski definition) is 2. The van der Waals surface area contributed by atoms with Crippen LogP contribution in [0.15, 0.2) is 30.3 Å². The van der Waals surface area contributed by atoms with Crippen LogP contribution in [-0.4, -0.2) is 12.4 Å². The Balaban J connectivity index is 2.07. The summed E-state index contributed by atoms with van der Waals surface area (Å²) in [6.07, 6.45) is 1.60. The average Bonchev–Trinajstić information content (AvgIpc) is 2.20. The highest BCUT2D eigenvalue weighted by molar-refractivity contribution is 5.80. The number of benzene rings is 1. The minimum Gasteiger partial charge on any atom is -0.366 e. The first-order chi connectivity index (χ1) is 6.36. The van der Waals surface area contributed by atoms with Gasteiger partial charge in [0.1, 0.15) is 6.61 Å². The molecule has 1 aliphatic heterocycles. The Bertz CT molecular complexity index is 282. The summed E-state index contributed by atoms with van der Waals surface area (Å²) in [4.78, 5) is 10.9. The van der Waals surface area contributed by atoms with Gasteiger partial charge in [-0.05, 0) is 12.0 Å². The van der Waals surface area contributed by atoms with Crippen molar-refractivity contribution in [2.45, 2.75) is 18.9 Å². The Morgan fingerprint density at radius 1 is 1.23 bits per heavy atom. The highest BCUT2D eigenvalue weighted by Gasteiger charge is 2.19. The summed E-state index contributed by atoms with van der Waals surface area (Å²) in [5, 5.41) is 0. The van der Waals surface area contributed by atoms with Crippen molar-refractivity contribution in [2.75, 3.05) is 6.61 Å². The maximum atomic E-state index is 10.9. The lowest BCUT2D eigenvalue weighted by Crippen LogP contribution is -2.19. The van der Waals surface area contributed by atoms with E-state index in [1.807, 2.05) is 30.3 Å². The molecule has 1 fully saturated rings. The normalized spacial score (nSPS) is 23.1. The summed E-state index contributed by atoms with van der Waals surface area (Å²) in [5.41, 5.74) is 1.18. The van der Waals surface area contributed by atoms with E-state index in [4.69, 9.17) is 4.74 Å². The molecule has 0 aromatic heterocycles. The van der Waals surface area contributed by atoms with Gasteiger partial charge in [0.2, 0.25) is 0 Å². The maximum absolute atomic E-state index is 10.9. The molecular formula is C11H12O2. The van der Waals surface area contributed by atoms with Crippen molar-refractivity contribution >= 4 is 5.78 Å². The summed E-state index contributed by atoms with van der Waals surface area (Å²) in [6, 6.07) is 10.1. The SMILES string of the molecule is O=C1CC[C@@H](c2ccccc2)OC1. The van der Waals surface area contributed by atoms with Gasteiger partial charge in [-0.3, -0.25) is 4.79 Å². The molecular weight excluding hydrogens is 164 g/mol. The second-order valence-corrected chi connectivity index (χ2v) is 3.29. The summed E-state index contributed by atoms with van der Waals surface area (Å²) in [5.74, 6) is 0.215. The van der Waals surface area contributed by atoms with Crippen LogP contribution in [0, 0.1) is 0 Å². The molecule has 0 aliphatic carbocycles. The van der Waals surface area contributed by atoms with Gasteiger partial charge in [-0.15, -0.1) is 0 Å². The van der Waals surface area contributed by atoms with Crippen molar-refractivity contribution in [3.8, 4) is 0 Å². The first kappa shape index (κ1) is 8.45. The molecule has 2 rings (SSSR count). The summed E-state index contributed by atoms with van der Waals surface area (Å²) >= 11 is 0. The lowest BCUT2D eigenvalue weighted by atomic mass is 10.0. The van der Waals surface area contributed by atoms with Crippen LogP contribution in [0.5, 0.6) is 0 Å². The molecule has 0 spiro atoms. The van der Waals surface area contributed by atoms with E-state index in [-0.39, 0.29) is 18.5 Å². The van der Waals surface area contributed by atoms with Gasteiger partial charge in [0.05, 0.1) is 6.10 Å². The minimum atomic E-state index is 0.124. The van der Waals surface area contributed by atoms with E-state index in [0.717, 1.165) is 6.42 Å². The molecule has 0 amide bonds. The third kappa shape index (κ3) is 1.95. The zero-order chi connectivity index (χ0) is 9.10. The van der Waals surface area contributed by atoms with Crippen molar-refractivity contribution in [2.24, 2.45) is 0 Å². The van der Waals surface area contributed by atoms with Crippen LogP contribution in [0.1, 0.15) is 24.5 Å². The van der Waals surface area contributed by atoms with Crippen LogP contribution in [0.25, 0.3) is 0 Å². The Labute approximate surface area is 77.5 Å². The zero-order valence-corrected chi connectivity index (χ0v) is 7.40. The van der Waals surface area contributed by atoms with E-state index in [2.05, 4.69) is 0 Å². The molecule has 1 aromatic rings. The quantitative estimate of drug-likeness (QED) is 0.655. The molecule has 1 heterocycles. The molecule has 1 atom stereocenters. The fourth-order valence-electron chi connectivity index (χ4n) is 1.57. The Morgan fingerprint density at radius 3 is 2.62 bits per heavy atom. The molecule has 1 aliphatic rings. The van der Waals surface area contributed by atoms with Gasteiger partial charge in [-0.1, -0.05) is 30.3 Å². The number of hydrogen-bond donors (Lipinski definition) is 0. The Hall–Kier alpha value is -1.15. The highest BCUT2D eigenvalue weighted by atomic mass is 16.5. The fraction of sp³-hybridized carbons (Fsp3) is 0.364. The smallest absolute Gasteiger partial charge is 0.158 e. The molecule has 0 saturated carbocycles. The molecule has 2 nitrogen and oxygen atoms in total. The number of ether oxygens (including phenoxy) is 1. The van der Waals surface area contributed by atoms with Crippen LogP contribution in [0.2, 0.25) is 0 Å². The molecule has 13 heavy (non-hydrogen) atoms. The Morgan fingerprint density at radius 2 is 2.00 bits per heavy atom. The van der Waals surface area contributed by atoms with Crippen molar-refractivity contribution < 1.29 is 9.53 Å².